The summed E-state index contributed by atoms with van der Waals surface area (Å²) in [5.41, 5.74) is -0.380. The maximum Gasteiger partial charge on any atom is 0.297 e. The fraction of sp³-hybridized carbons (Fsp3) is 0.250. The summed E-state index contributed by atoms with van der Waals surface area (Å²) in [4.78, 5) is 15.3. The van der Waals surface area contributed by atoms with Gasteiger partial charge in [0.25, 0.3) is 5.56 Å². The number of hydrogen-bond acceptors (Lipinski definition) is 3. The third-order valence-corrected chi connectivity index (χ3v) is 1.89. The summed E-state index contributed by atoms with van der Waals surface area (Å²) in [6, 6.07) is 0. The van der Waals surface area contributed by atoms with Gasteiger partial charge in [0.2, 0.25) is 5.75 Å². The molecule has 0 atom stereocenters. The Labute approximate surface area is 90.7 Å². The second kappa shape index (κ2) is 4.48. The Bertz CT molecular complexity index is 414. The molecule has 0 radical (unpaired) electrons. The summed E-state index contributed by atoms with van der Waals surface area (Å²) < 4.78 is 6.06. The third kappa shape index (κ3) is 2.27. The molecule has 1 heterocycles. The Kier molecular flexibility index (Phi) is 3.55. The zero-order chi connectivity index (χ0) is 10.7. The molecule has 14 heavy (non-hydrogen) atoms. The average Bonchev–Trinajstić information content (AvgIpc) is 2.10. The Hall–Kier alpha value is -1.00. The van der Waals surface area contributed by atoms with Crippen LogP contribution < -0.4 is 10.3 Å². The first-order chi connectivity index (χ1) is 6.56. The fourth-order valence-electron chi connectivity index (χ4n) is 0.919. The van der Waals surface area contributed by atoms with Crippen LogP contribution in [-0.2, 0) is 6.54 Å². The lowest BCUT2D eigenvalue weighted by molar-refractivity contribution is 0.401. The van der Waals surface area contributed by atoms with Gasteiger partial charge in [0.05, 0.1) is 20.0 Å². The minimum absolute atomic E-state index is 0.00656. The molecule has 0 unspecified atom stereocenters. The largest absolute Gasteiger partial charge is 0.489 e. The highest BCUT2D eigenvalue weighted by Crippen LogP contribution is 2.15. The van der Waals surface area contributed by atoms with E-state index in [1.807, 2.05) is 0 Å². The molecule has 4 nitrogen and oxygen atoms in total. The minimum Gasteiger partial charge on any atom is -0.489 e. The van der Waals surface area contributed by atoms with E-state index in [4.69, 9.17) is 27.9 Å². The van der Waals surface area contributed by atoms with Crippen molar-refractivity contribution in [2.75, 3.05) is 7.11 Å². The Morgan fingerprint density at radius 2 is 2.43 bits per heavy atom. The summed E-state index contributed by atoms with van der Waals surface area (Å²) >= 11 is 11.2. The van der Waals surface area contributed by atoms with Crippen LogP contribution in [0.3, 0.4) is 0 Å². The van der Waals surface area contributed by atoms with Crippen LogP contribution in [0, 0.1) is 0 Å². The summed E-state index contributed by atoms with van der Waals surface area (Å²) in [6.07, 6.45) is 1.29. The standard InChI is InChI=1S/C8H8Cl2N2O2/c1-5(9)3-12-4-11-7(10)6(14-2)8(12)13/h4H,1,3H2,2H3. The molecule has 0 aliphatic heterocycles. The number of ether oxygens (including phenoxy) is 1. The molecule has 0 saturated carbocycles. The van der Waals surface area contributed by atoms with Crippen LogP contribution in [-0.4, -0.2) is 16.7 Å². The molecular weight excluding hydrogens is 227 g/mol. The third-order valence-electron chi connectivity index (χ3n) is 1.50. The Morgan fingerprint density at radius 1 is 1.79 bits per heavy atom. The monoisotopic (exact) mass is 234 g/mol. The van der Waals surface area contributed by atoms with Crippen LogP contribution in [0.15, 0.2) is 22.7 Å². The lowest BCUT2D eigenvalue weighted by Gasteiger charge is -2.06. The van der Waals surface area contributed by atoms with E-state index in [1.54, 1.807) is 0 Å². The molecule has 0 aliphatic carbocycles. The molecule has 1 rings (SSSR count). The second-order valence-corrected chi connectivity index (χ2v) is 3.41. The molecule has 0 saturated heterocycles. The van der Waals surface area contributed by atoms with Gasteiger partial charge in [0, 0.05) is 5.03 Å². The van der Waals surface area contributed by atoms with Gasteiger partial charge in [-0.25, -0.2) is 4.98 Å². The average molecular weight is 235 g/mol. The topological polar surface area (TPSA) is 44.1 Å². The molecular formula is C8H8Cl2N2O2. The van der Waals surface area contributed by atoms with Gasteiger partial charge in [0.1, 0.15) is 0 Å². The van der Waals surface area contributed by atoms with Gasteiger partial charge in [0.15, 0.2) is 5.15 Å². The van der Waals surface area contributed by atoms with Crippen molar-refractivity contribution in [1.29, 1.82) is 0 Å². The predicted molar refractivity (Wildman–Crippen MR) is 55.1 cm³/mol. The molecule has 6 heteroatoms. The molecule has 76 valence electrons. The van der Waals surface area contributed by atoms with E-state index in [2.05, 4.69) is 11.6 Å². The SMILES string of the molecule is C=C(Cl)Cn1cnc(Cl)c(OC)c1=O. The van der Waals surface area contributed by atoms with Crippen LogP contribution in [0.4, 0.5) is 0 Å². The minimum atomic E-state index is -0.380. The van der Waals surface area contributed by atoms with E-state index in [9.17, 15) is 4.79 Å². The van der Waals surface area contributed by atoms with Crippen molar-refractivity contribution < 1.29 is 4.74 Å². The molecule has 0 amide bonds. The fourth-order valence-corrected chi connectivity index (χ4v) is 1.25. The second-order valence-electron chi connectivity index (χ2n) is 2.52. The quantitative estimate of drug-likeness (QED) is 0.748. The number of halogens is 2. The number of rotatable bonds is 3. The predicted octanol–water partition coefficient (Wildman–Crippen LogP) is 1.66. The van der Waals surface area contributed by atoms with Gasteiger partial charge in [-0.1, -0.05) is 29.8 Å². The van der Waals surface area contributed by atoms with E-state index < -0.39 is 0 Å². The van der Waals surface area contributed by atoms with E-state index in [-0.39, 0.29) is 23.0 Å². The molecule has 1 aromatic heterocycles. The van der Waals surface area contributed by atoms with Gasteiger partial charge in [-0.05, 0) is 0 Å². The molecule has 0 fully saturated rings. The molecule has 0 aromatic carbocycles. The van der Waals surface area contributed by atoms with Crippen molar-refractivity contribution in [3.63, 3.8) is 0 Å². The molecule has 0 aliphatic rings. The van der Waals surface area contributed by atoms with Gasteiger partial charge in [-0.3, -0.25) is 9.36 Å². The number of allylic oxidation sites excluding steroid dienone is 1. The lowest BCUT2D eigenvalue weighted by atomic mass is 10.5. The zero-order valence-electron chi connectivity index (χ0n) is 7.46. The van der Waals surface area contributed by atoms with Crippen LogP contribution in [0.25, 0.3) is 0 Å². The van der Waals surface area contributed by atoms with E-state index in [0.717, 1.165) is 0 Å². The van der Waals surface area contributed by atoms with Crippen LogP contribution in [0.2, 0.25) is 5.15 Å². The summed E-state index contributed by atoms with van der Waals surface area (Å²) in [5, 5.41) is 0.368. The maximum absolute atomic E-state index is 11.6. The lowest BCUT2D eigenvalue weighted by Crippen LogP contribution is -2.22. The van der Waals surface area contributed by atoms with Crippen molar-refractivity contribution in [3.05, 3.63) is 33.4 Å². The smallest absolute Gasteiger partial charge is 0.297 e. The van der Waals surface area contributed by atoms with Crippen LogP contribution in [0.1, 0.15) is 0 Å². The first-order valence-electron chi connectivity index (χ1n) is 3.68. The Balaban J connectivity index is 3.22. The number of methoxy groups -OCH3 is 1. The number of nitrogens with zero attached hydrogens (tertiary/aromatic N) is 2. The summed E-state index contributed by atoms with van der Waals surface area (Å²) in [6.45, 7) is 3.66. The van der Waals surface area contributed by atoms with Crippen LogP contribution >= 0.6 is 23.2 Å². The molecule has 0 bridgehead atoms. The highest BCUT2D eigenvalue weighted by atomic mass is 35.5. The van der Waals surface area contributed by atoms with Crippen LogP contribution in [0.5, 0.6) is 5.75 Å². The van der Waals surface area contributed by atoms with Gasteiger partial charge in [-0.2, -0.15) is 0 Å². The highest BCUT2D eigenvalue weighted by Gasteiger charge is 2.09. The molecule has 0 N–H and O–H groups in total. The number of hydrogen-bond donors (Lipinski definition) is 0. The van der Waals surface area contributed by atoms with Crippen molar-refractivity contribution in [3.8, 4) is 5.75 Å². The van der Waals surface area contributed by atoms with Crippen molar-refractivity contribution in [2.45, 2.75) is 6.54 Å². The van der Waals surface area contributed by atoms with Gasteiger partial charge >= 0.3 is 0 Å². The summed E-state index contributed by atoms with van der Waals surface area (Å²) in [5.74, 6) is 0.00656. The Morgan fingerprint density at radius 3 is 2.93 bits per heavy atom. The molecule has 1 aromatic rings. The van der Waals surface area contributed by atoms with Gasteiger partial charge in [-0.15, -0.1) is 0 Å². The van der Waals surface area contributed by atoms with E-state index >= 15 is 0 Å². The number of aromatic nitrogens is 2. The highest BCUT2D eigenvalue weighted by molar-refractivity contribution is 6.30. The first-order valence-corrected chi connectivity index (χ1v) is 4.44. The van der Waals surface area contributed by atoms with Gasteiger partial charge < -0.3 is 4.74 Å². The maximum atomic E-state index is 11.6. The van der Waals surface area contributed by atoms with Crippen molar-refractivity contribution in [2.24, 2.45) is 0 Å². The zero-order valence-corrected chi connectivity index (χ0v) is 8.97. The normalized spacial score (nSPS) is 9.93. The summed E-state index contributed by atoms with van der Waals surface area (Å²) in [7, 11) is 1.35. The van der Waals surface area contributed by atoms with Crippen molar-refractivity contribution >= 4 is 23.2 Å². The van der Waals surface area contributed by atoms with Crippen molar-refractivity contribution in [1.82, 2.24) is 9.55 Å². The molecule has 0 spiro atoms. The van der Waals surface area contributed by atoms with E-state index in [0.29, 0.717) is 5.03 Å². The van der Waals surface area contributed by atoms with E-state index in [1.165, 1.54) is 18.0 Å². The first kappa shape index (κ1) is 11.1.